The molecule has 136 valence electrons. The zero-order chi connectivity index (χ0) is 19.1. The van der Waals surface area contributed by atoms with E-state index < -0.39 is 26.2 Å². The van der Waals surface area contributed by atoms with E-state index in [9.17, 15) is 18.3 Å². The highest BCUT2D eigenvalue weighted by Gasteiger charge is 2.37. The monoisotopic (exact) mass is 377 g/mol. The minimum absolute atomic E-state index is 0.0540. The number of carbonyl (C=O) groups is 1. The van der Waals surface area contributed by atoms with Crippen molar-refractivity contribution in [3.05, 3.63) is 23.3 Å². The number of ether oxygens (including phenoxy) is 1. The lowest BCUT2D eigenvalue weighted by molar-refractivity contribution is 0.206. The highest BCUT2D eigenvalue weighted by Crippen LogP contribution is 2.44. The molecule has 0 saturated heterocycles. The van der Waals surface area contributed by atoms with Crippen molar-refractivity contribution in [2.75, 3.05) is 11.4 Å². The van der Waals surface area contributed by atoms with Crippen LogP contribution >= 0.6 is 10.7 Å². The van der Waals surface area contributed by atoms with Crippen LogP contribution < -0.4 is 9.04 Å². The van der Waals surface area contributed by atoms with Gasteiger partial charge >= 0.3 is 15.3 Å². The van der Waals surface area contributed by atoms with Crippen molar-refractivity contribution < 1.29 is 23.1 Å². The van der Waals surface area contributed by atoms with Gasteiger partial charge in [0.1, 0.15) is 5.75 Å². The van der Waals surface area contributed by atoms with Crippen molar-refractivity contribution in [1.82, 2.24) is 0 Å². The van der Waals surface area contributed by atoms with E-state index in [0.717, 1.165) is 0 Å². The molecule has 1 aromatic rings. The van der Waals surface area contributed by atoms with Crippen LogP contribution in [-0.4, -0.2) is 26.7 Å². The zero-order valence-electron chi connectivity index (χ0n) is 15.0. The summed E-state index contributed by atoms with van der Waals surface area (Å²) in [6.45, 7) is 11.2. The second-order valence-corrected chi connectivity index (χ2v) is 9.92. The van der Waals surface area contributed by atoms with Gasteiger partial charge in [-0.15, -0.1) is 0 Å². The Morgan fingerprint density at radius 1 is 1.08 bits per heavy atom. The molecule has 1 N–H and O–H groups in total. The molecule has 8 heteroatoms. The molecule has 1 rings (SSSR count). The Labute approximate surface area is 147 Å². The molecule has 6 nitrogen and oxygen atoms in total. The van der Waals surface area contributed by atoms with Crippen molar-refractivity contribution >= 4 is 31.7 Å². The Morgan fingerprint density at radius 3 is 1.67 bits per heavy atom. The molecular formula is C16H24ClNO5S. The lowest BCUT2D eigenvalue weighted by Gasteiger charge is -2.33. The fraction of sp³-hybridized carbons (Fsp3) is 0.562. The van der Waals surface area contributed by atoms with Gasteiger partial charge in [0.15, 0.2) is 0 Å². The second-order valence-electron chi connectivity index (χ2n) is 7.56. The first kappa shape index (κ1) is 20.6. The molecule has 1 aromatic carbocycles. The molecule has 0 aliphatic rings. The van der Waals surface area contributed by atoms with Gasteiger partial charge in [0.05, 0.1) is 12.8 Å². The van der Waals surface area contributed by atoms with Crippen molar-refractivity contribution in [1.29, 1.82) is 0 Å². The van der Waals surface area contributed by atoms with Crippen LogP contribution in [0.25, 0.3) is 0 Å². The molecule has 0 aliphatic heterocycles. The summed E-state index contributed by atoms with van der Waals surface area (Å²) >= 11 is 0. The lowest BCUT2D eigenvalue weighted by Crippen LogP contribution is -2.36. The number of hydrogen-bond acceptors (Lipinski definition) is 4. The molecular weight excluding hydrogens is 354 g/mol. The van der Waals surface area contributed by atoms with Crippen molar-refractivity contribution in [3.8, 4) is 5.75 Å². The third-order valence-electron chi connectivity index (χ3n) is 3.53. The average molecular weight is 378 g/mol. The number of halogens is 1. The number of rotatable bonds is 3. The number of benzene rings is 1. The summed E-state index contributed by atoms with van der Waals surface area (Å²) in [5.41, 5.74) is -0.00622. The summed E-state index contributed by atoms with van der Waals surface area (Å²) in [5.74, 6) is 0.519. The summed E-state index contributed by atoms with van der Waals surface area (Å²) in [5, 5.41) is 9.50. The number of hydrogen-bond donors (Lipinski definition) is 1. The van der Waals surface area contributed by atoms with E-state index >= 15 is 0 Å². The minimum Gasteiger partial charge on any atom is -0.497 e. The van der Waals surface area contributed by atoms with E-state index in [2.05, 4.69) is 0 Å². The molecule has 24 heavy (non-hydrogen) atoms. The molecule has 0 bridgehead atoms. The minimum atomic E-state index is -4.54. The number of methoxy groups -OCH3 is 1. The average Bonchev–Trinajstić information content (AvgIpc) is 2.33. The first-order valence-corrected chi connectivity index (χ1v) is 9.58. The van der Waals surface area contributed by atoms with Gasteiger partial charge in [-0.3, -0.25) is 0 Å². The maximum Gasteiger partial charge on any atom is 0.426 e. The van der Waals surface area contributed by atoms with Crippen molar-refractivity contribution in [3.63, 3.8) is 0 Å². The van der Waals surface area contributed by atoms with Gasteiger partial charge in [-0.1, -0.05) is 41.5 Å². The van der Waals surface area contributed by atoms with Gasteiger partial charge in [0.2, 0.25) is 0 Å². The SMILES string of the molecule is COc1cc(C(C)(C)C)c(N(C(=O)O)S(=O)(=O)Cl)c(C(C)(C)C)c1. The van der Waals surface area contributed by atoms with Crippen LogP contribution in [0.2, 0.25) is 0 Å². The predicted molar refractivity (Wildman–Crippen MR) is 95.7 cm³/mol. The van der Waals surface area contributed by atoms with Crippen LogP contribution in [0.15, 0.2) is 12.1 Å². The Kier molecular flexibility index (Phi) is 5.52. The standard InChI is InChI=1S/C16H24ClNO5S/c1-15(2,3)11-8-10(23-7)9-12(16(4,5)6)13(11)18(14(19)20)24(17,21)22/h8-9H,1-7H3,(H,19,20). The summed E-state index contributed by atoms with van der Waals surface area (Å²) in [6, 6.07) is 3.28. The van der Waals surface area contributed by atoms with Gasteiger partial charge in [-0.2, -0.15) is 12.7 Å². The molecule has 0 spiro atoms. The van der Waals surface area contributed by atoms with Crippen LogP contribution in [-0.2, 0) is 20.1 Å². The van der Waals surface area contributed by atoms with E-state index in [1.807, 2.05) is 41.5 Å². The quantitative estimate of drug-likeness (QED) is 0.795. The fourth-order valence-corrected chi connectivity index (χ4v) is 3.37. The molecule has 1 amide bonds. The van der Waals surface area contributed by atoms with Crippen LogP contribution in [0.3, 0.4) is 0 Å². The molecule has 0 heterocycles. The lowest BCUT2D eigenvalue weighted by atomic mass is 9.78. The summed E-state index contributed by atoms with van der Waals surface area (Å²) < 4.78 is 29.5. The topological polar surface area (TPSA) is 83.9 Å². The second kappa shape index (κ2) is 6.44. The molecule has 0 unspecified atom stereocenters. The number of nitrogens with zero attached hydrogens (tertiary/aromatic N) is 1. The van der Waals surface area contributed by atoms with Crippen LogP contribution in [0.4, 0.5) is 10.5 Å². The van der Waals surface area contributed by atoms with Gasteiger partial charge in [-0.05, 0) is 34.1 Å². The fourth-order valence-electron chi connectivity index (χ4n) is 2.39. The van der Waals surface area contributed by atoms with E-state index in [-0.39, 0.29) is 9.99 Å². The number of anilines is 1. The predicted octanol–water partition coefficient (Wildman–Crippen LogP) is 4.26. The Hall–Kier alpha value is -1.47. The van der Waals surface area contributed by atoms with Crippen LogP contribution in [0.5, 0.6) is 5.75 Å². The van der Waals surface area contributed by atoms with E-state index in [1.54, 1.807) is 12.1 Å². The van der Waals surface area contributed by atoms with Gasteiger partial charge in [0.25, 0.3) is 0 Å². The molecule has 0 atom stereocenters. The summed E-state index contributed by atoms with van der Waals surface area (Å²) in [4.78, 5) is 11.7. The molecule has 0 aliphatic carbocycles. The smallest absolute Gasteiger partial charge is 0.426 e. The normalized spacial score (nSPS) is 12.8. The molecule has 0 radical (unpaired) electrons. The van der Waals surface area contributed by atoms with Crippen molar-refractivity contribution in [2.45, 2.75) is 52.4 Å². The number of carboxylic acid groups (broad SMARTS) is 1. The number of amides is 1. The molecule has 0 aromatic heterocycles. The van der Waals surface area contributed by atoms with Gasteiger partial charge < -0.3 is 9.84 Å². The van der Waals surface area contributed by atoms with E-state index in [0.29, 0.717) is 16.9 Å². The van der Waals surface area contributed by atoms with E-state index in [4.69, 9.17) is 15.4 Å². The van der Waals surface area contributed by atoms with E-state index in [1.165, 1.54) is 7.11 Å². The maximum atomic E-state index is 12.0. The molecule has 0 fully saturated rings. The maximum absolute atomic E-state index is 12.0. The third-order valence-corrected chi connectivity index (χ3v) is 4.72. The third kappa shape index (κ3) is 4.33. The highest BCUT2D eigenvalue weighted by molar-refractivity contribution is 8.15. The van der Waals surface area contributed by atoms with Gasteiger partial charge in [-0.25, -0.2) is 4.79 Å². The van der Waals surface area contributed by atoms with Crippen LogP contribution in [0.1, 0.15) is 52.7 Å². The Bertz CT molecular complexity index is 710. The Morgan fingerprint density at radius 2 is 1.46 bits per heavy atom. The summed E-state index contributed by atoms with van der Waals surface area (Å²) in [7, 11) is 2.40. The van der Waals surface area contributed by atoms with Crippen LogP contribution in [0, 0.1) is 0 Å². The van der Waals surface area contributed by atoms with Gasteiger partial charge in [0, 0.05) is 10.7 Å². The molecule has 0 saturated carbocycles. The van der Waals surface area contributed by atoms with Crippen molar-refractivity contribution in [2.24, 2.45) is 0 Å². The summed E-state index contributed by atoms with van der Waals surface area (Å²) in [6.07, 6.45) is -1.66. The Balaban J connectivity index is 4.07. The first-order chi connectivity index (χ1) is 10.6. The largest absolute Gasteiger partial charge is 0.497 e. The first-order valence-electron chi connectivity index (χ1n) is 7.31. The zero-order valence-corrected chi connectivity index (χ0v) is 16.5. The highest BCUT2D eigenvalue weighted by atomic mass is 35.7.